The van der Waals surface area contributed by atoms with Crippen LogP contribution in [-0.4, -0.2) is 29.4 Å². The largest absolute Gasteiger partial charge is 0.462 e. The molecule has 3 fully saturated rings. The highest BCUT2D eigenvalue weighted by molar-refractivity contribution is 6.03. The maximum absolute atomic E-state index is 12.9. The van der Waals surface area contributed by atoms with Crippen LogP contribution in [0.25, 0.3) is 0 Å². The molecule has 3 aliphatic rings. The molecule has 5 heteroatoms. The van der Waals surface area contributed by atoms with Crippen molar-refractivity contribution in [1.29, 1.82) is 0 Å². The number of rotatable bonds is 1. The fourth-order valence-electron chi connectivity index (χ4n) is 4.73. The molecule has 0 aromatic carbocycles. The molecule has 2 saturated carbocycles. The van der Waals surface area contributed by atoms with Crippen LogP contribution in [0.3, 0.4) is 0 Å². The minimum absolute atomic E-state index is 0.00569. The summed E-state index contributed by atoms with van der Waals surface area (Å²) in [4.78, 5) is 37.8. The highest BCUT2D eigenvalue weighted by atomic mass is 16.6. The molecule has 0 amide bonds. The average Bonchev–Trinajstić information content (AvgIpc) is 2.73. The number of esters is 2. The van der Waals surface area contributed by atoms with Gasteiger partial charge >= 0.3 is 11.9 Å². The van der Waals surface area contributed by atoms with Gasteiger partial charge in [-0.2, -0.15) is 0 Å². The summed E-state index contributed by atoms with van der Waals surface area (Å²) in [6.45, 7) is 7.31. The Morgan fingerprint density at radius 1 is 1.17 bits per heavy atom. The van der Waals surface area contributed by atoms with Gasteiger partial charge in [0, 0.05) is 11.8 Å². The van der Waals surface area contributed by atoms with E-state index in [1.54, 1.807) is 6.92 Å². The van der Waals surface area contributed by atoms with Crippen molar-refractivity contribution in [3.8, 4) is 0 Å². The van der Waals surface area contributed by atoms with Crippen molar-refractivity contribution in [3.05, 3.63) is 0 Å². The highest BCUT2D eigenvalue weighted by Crippen LogP contribution is 2.51. The third kappa shape index (κ3) is 2.79. The van der Waals surface area contributed by atoms with Gasteiger partial charge in [0.25, 0.3) is 0 Å². The van der Waals surface area contributed by atoms with Gasteiger partial charge in [-0.3, -0.25) is 14.4 Å². The lowest BCUT2D eigenvalue weighted by Gasteiger charge is -2.44. The predicted octanol–water partition coefficient (Wildman–Crippen LogP) is 2.51. The van der Waals surface area contributed by atoms with Crippen LogP contribution in [0.5, 0.6) is 0 Å². The van der Waals surface area contributed by atoms with Gasteiger partial charge in [-0.1, -0.05) is 12.8 Å². The summed E-state index contributed by atoms with van der Waals surface area (Å²) in [5, 5.41) is 0. The van der Waals surface area contributed by atoms with Gasteiger partial charge < -0.3 is 9.47 Å². The molecule has 1 heterocycles. The second-order valence-electron chi connectivity index (χ2n) is 8.21. The van der Waals surface area contributed by atoms with Crippen molar-refractivity contribution in [2.45, 2.75) is 65.1 Å². The molecule has 23 heavy (non-hydrogen) atoms. The van der Waals surface area contributed by atoms with Crippen LogP contribution in [0, 0.1) is 29.6 Å². The van der Waals surface area contributed by atoms with Gasteiger partial charge in [0.15, 0.2) is 5.78 Å². The van der Waals surface area contributed by atoms with Crippen molar-refractivity contribution < 1.29 is 23.9 Å². The zero-order valence-corrected chi connectivity index (χ0v) is 14.3. The van der Waals surface area contributed by atoms with Gasteiger partial charge in [-0.15, -0.1) is 0 Å². The fraction of sp³-hybridized carbons (Fsp3) is 0.833. The molecule has 0 N–H and O–H groups in total. The van der Waals surface area contributed by atoms with Crippen molar-refractivity contribution in [2.75, 3.05) is 0 Å². The Morgan fingerprint density at radius 2 is 1.83 bits per heavy atom. The molecule has 0 radical (unpaired) electrons. The Morgan fingerprint density at radius 3 is 2.48 bits per heavy atom. The molecule has 5 nitrogen and oxygen atoms in total. The first-order valence-electron chi connectivity index (χ1n) is 8.68. The first-order chi connectivity index (χ1) is 10.7. The summed E-state index contributed by atoms with van der Waals surface area (Å²) in [6, 6.07) is 0. The summed E-state index contributed by atoms with van der Waals surface area (Å²) in [5.74, 6) is -2.50. The maximum atomic E-state index is 12.9. The van der Waals surface area contributed by atoms with E-state index in [0.717, 1.165) is 25.7 Å². The monoisotopic (exact) mass is 322 g/mol. The normalized spacial score (nSPS) is 40.2. The minimum atomic E-state index is -0.776. The summed E-state index contributed by atoms with van der Waals surface area (Å²) in [5.41, 5.74) is -0.578. The molecule has 0 unspecified atom stereocenters. The van der Waals surface area contributed by atoms with E-state index in [-0.39, 0.29) is 29.5 Å². The maximum Gasteiger partial charge on any atom is 0.317 e. The molecule has 2 aliphatic carbocycles. The first kappa shape index (κ1) is 16.5. The third-order valence-corrected chi connectivity index (χ3v) is 5.53. The van der Waals surface area contributed by atoms with Crippen molar-refractivity contribution >= 4 is 17.7 Å². The van der Waals surface area contributed by atoms with Gasteiger partial charge in [0.1, 0.15) is 17.6 Å². The van der Waals surface area contributed by atoms with Crippen LogP contribution in [-0.2, 0) is 23.9 Å². The lowest BCUT2D eigenvalue weighted by atomic mass is 9.57. The van der Waals surface area contributed by atoms with Gasteiger partial charge in [0.05, 0.1) is 5.92 Å². The number of ketones is 1. The molecule has 0 bridgehead atoms. The summed E-state index contributed by atoms with van der Waals surface area (Å²) in [7, 11) is 0. The number of carbonyl (C=O) groups excluding carboxylic acids is 3. The van der Waals surface area contributed by atoms with E-state index in [0.29, 0.717) is 0 Å². The van der Waals surface area contributed by atoms with E-state index in [4.69, 9.17) is 9.47 Å². The summed E-state index contributed by atoms with van der Waals surface area (Å²) in [6.07, 6.45) is 3.22. The molecule has 6 atom stereocenters. The second-order valence-corrected chi connectivity index (χ2v) is 8.21. The smallest absolute Gasteiger partial charge is 0.317 e. The standard InChI is InChI=1S/C18H26O5/c1-9-12-13(17(21)23-18(2,3)4)10-7-5-6-8-11(10)15(19)14(12)16(20)22-9/h9-14H,5-8H2,1-4H3/t9-,10+,11+,12+,13-,14+/m0/s1. The Balaban J connectivity index is 1.97. The third-order valence-electron chi connectivity index (χ3n) is 5.53. The molecule has 0 aromatic heterocycles. The number of carbonyl (C=O) groups is 3. The molecule has 128 valence electrons. The minimum Gasteiger partial charge on any atom is -0.462 e. The second kappa shape index (κ2) is 5.60. The molecule has 1 aliphatic heterocycles. The number of fused-ring (bicyclic) bond motifs is 2. The molecular formula is C18H26O5. The molecule has 1 saturated heterocycles. The van der Waals surface area contributed by atoms with Crippen LogP contribution in [0.1, 0.15) is 53.4 Å². The Bertz CT molecular complexity index is 532. The van der Waals surface area contributed by atoms with E-state index in [1.165, 1.54) is 0 Å². The number of Topliss-reactive ketones (excluding diaryl/α,β-unsaturated/α-hetero) is 1. The lowest BCUT2D eigenvalue weighted by molar-refractivity contribution is -0.172. The van der Waals surface area contributed by atoms with Crippen molar-refractivity contribution in [3.63, 3.8) is 0 Å². The highest BCUT2D eigenvalue weighted by Gasteiger charge is 2.61. The number of ether oxygens (including phenoxy) is 2. The predicted molar refractivity (Wildman–Crippen MR) is 82.3 cm³/mol. The zero-order chi connectivity index (χ0) is 16.9. The van der Waals surface area contributed by atoms with Gasteiger partial charge in [0.2, 0.25) is 0 Å². The van der Waals surface area contributed by atoms with E-state index in [2.05, 4.69) is 0 Å². The van der Waals surface area contributed by atoms with E-state index >= 15 is 0 Å². The summed E-state index contributed by atoms with van der Waals surface area (Å²) >= 11 is 0. The topological polar surface area (TPSA) is 69.7 Å². The zero-order valence-electron chi connectivity index (χ0n) is 14.3. The quantitative estimate of drug-likeness (QED) is 0.548. The lowest BCUT2D eigenvalue weighted by Crippen LogP contribution is -2.53. The van der Waals surface area contributed by atoms with E-state index < -0.39 is 29.5 Å². The van der Waals surface area contributed by atoms with Crippen molar-refractivity contribution in [2.24, 2.45) is 29.6 Å². The molecule has 3 rings (SSSR count). The molecule has 0 spiro atoms. The van der Waals surface area contributed by atoms with Gasteiger partial charge in [-0.05, 0) is 46.5 Å². The SMILES string of the molecule is C[C@@H]1OC(=O)[C@H]2C(=O)[C@@H]3CCCC[C@H]3[C@H](C(=O)OC(C)(C)C)[C@H]21. The van der Waals surface area contributed by atoms with Crippen LogP contribution in [0.15, 0.2) is 0 Å². The summed E-state index contributed by atoms with van der Waals surface area (Å²) < 4.78 is 11.0. The fourth-order valence-corrected chi connectivity index (χ4v) is 4.73. The van der Waals surface area contributed by atoms with Crippen LogP contribution < -0.4 is 0 Å². The Hall–Kier alpha value is -1.39. The van der Waals surface area contributed by atoms with Gasteiger partial charge in [-0.25, -0.2) is 0 Å². The average molecular weight is 322 g/mol. The number of hydrogen-bond donors (Lipinski definition) is 0. The Kier molecular flexibility index (Phi) is 4.01. The van der Waals surface area contributed by atoms with Crippen LogP contribution in [0.4, 0.5) is 0 Å². The van der Waals surface area contributed by atoms with Crippen molar-refractivity contribution in [1.82, 2.24) is 0 Å². The van der Waals surface area contributed by atoms with Crippen LogP contribution >= 0.6 is 0 Å². The number of cyclic esters (lactones) is 1. The molecular weight excluding hydrogens is 296 g/mol. The molecule has 0 aromatic rings. The number of hydrogen-bond acceptors (Lipinski definition) is 5. The Labute approximate surface area is 137 Å². The first-order valence-corrected chi connectivity index (χ1v) is 8.68. The van der Waals surface area contributed by atoms with E-state index in [9.17, 15) is 14.4 Å². The van der Waals surface area contributed by atoms with Crippen LogP contribution in [0.2, 0.25) is 0 Å². The van der Waals surface area contributed by atoms with E-state index in [1.807, 2.05) is 20.8 Å².